The summed E-state index contributed by atoms with van der Waals surface area (Å²) in [7, 11) is 0. The van der Waals surface area contributed by atoms with Crippen LogP contribution < -0.4 is 16.4 Å². The van der Waals surface area contributed by atoms with Gasteiger partial charge in [-0.15, -0.1) is 0 Å². The molecule has 2 aromatic carbocycles. The number of carboxylic acid groups (broad SMARTS) is 1. The topological polar surface area (TPSA) is 157 Å². The maximum absolute atomic E-state index is 13.5. The highest BCUT2D eigenvalue weighted by atomic mass is 16.5. The minimum absolute atomic E-state index is 0.173. The number of nitriles is 1. The Morgan fingerprint density at radius 1 is 1.22 bits per heavy atom. The van der Waals surface area contributed by atoms with Crippen LogP contribution in [-0.2, 0) is 16.0 Å². The summed E-state index contributed by atoms with van der Waals surface area (Å²) in [4.78, 5) is 39.3. The van der Waals surface area contributed by atoms with Crippen LogP contribution in [0.2, 0.25) is 0 Å². The molecule has 194 valence electrons. The second-order valence-corrected chi connectivity index (χ2v) is 10.4. The maximum Gasteiger partial charge on any atom is 0.417 e. The van der Waals surface area contributed by atoms with Crippen molar-refractivity contribution >= 4 is 23.1 Å². The van der Waals surface area contributed by atoms with Crippen LogP contribution in [0.5, 0.6) is 0 Å². The van der Waals surface area contributed by atoms with Crippen LogP contribution in [0.3, 0.4) is 0 Å². The number of nitrogens with one attached hydrogen (secondary N) is 3. The fourth-order valence-electron chi connectivity index (χ4n) is 5.03. The van der Waals surface area contributed by atoms with E-state index < -0.39 is 40.7 Å². The van der Waals surface area contributed by atoms with Gasteiger partial charge < -0.3 is 24.9 Å². The molecule has 1 aliphatic heterocycles. The van der Waals surface area contributed by atoms with Crippen molar-refractivity contribution in [1.82, 2.24) is 15.6 Å². The molecule has 3 atom stereocenters. The van der Waals surface area contributed by atoms with Crippen molar-refractivity contribution in [3.8, 4) is 17.2 Å². The first-order valence-corrected chi connectivity index (χ1v) is 12.0. The Kier molecular flexibility index (Phi) is 7.09. The Balaban J connectivity index is 1.51. The van der Waals surface area contributed by atoms with Crippen LogP contribution in [0.25, 0.3) is 22.2 Å². The molecule has 2 heterocycles. The van der Waals surface area contributed by atoms with Gasteiger partial charge in [-0.05, 0) is 34.2 Å². The second-order valence-electron chi connectivity index (χ2n) is 10.4. The molecule has 1 aliphatic rings. The molecule has 2 amide bonds. The van der Waals surface area contributed by atoms with Crippen LogP contribution in [0.15, 0.2) is 51.7 Å². The minimum Gasteiger partial charge on any atom is -0.465 e. The lowest BCUT2D eigenvalue weighted by Crippen LogP contribution is -2.69. The fraction of sp³-hybridized carbons (Fsp3) is 0.407. The fourth-order valence-corrected chi connectivity index (χ4v) is 5.03. The number of oxazole rings is 1. The SMILES string of the molecule is CC(C)(C)C1COCCC1(NC(=O)O)C(=O)NC(C#N)Cc1ccc(-c2ccc3oc(=O)[nH]c3c2)cc1. The van der Waals surface area contributed by atoms with Gasteiger partial charge in [-0.3, -0.25) is 9.78 Å². The van der Waals surface area contributed by atoms with E-state index in [4.69, 9.17) is 9.15 Å². The van der Waals surface area contributed by atoms with Gasteiger partial charge in [0.05, 0.1) is 18.2 Å². The molecule has 10 heteroatoms. The molecule has 0 radical (unpaired) electrons. The number of aromatic nitrogens is 1. The predicted molar refractivity (Wildman–Crippen MR) is 136 cm³/mol. The van der Waals surface area contributed by atoms with E-state index in [9.17, 15) is 24.8 Å². The van der Waals surface area contributed by atoms with E-state index in [-0.39, 0.29) is 26.1 Å². The number of ether oxygens (including phenoxy) is 1. The highest BCUT2D eigenvalue weighted by molar-refractivity contribution is 5.91. The molecule has 0 bridgehead atoms. The Morgan fingerprint density at radius 3 is 2.57 bits per heavy atom. The van der Waals surface area contributed by atoms with E-state index in [0.717, 1.165) is 16.7 Å². The van der Waals surface area contributed by atoms with Gasteiger partial charge in [-0.25, -0.2) is 9.59 Å². The Morgan fingerprint density at radius 2 is 1.92 bits per heavy atom. The molecule has 3 unspecified atom stereocenters. The third-order valence-corrected chi connectivity index (χ3v) is 6.91. The molecule has 4 rings (SSSR count). The van der Waals surface area contributed by atoms with Gasteiger partial charge >= 0.3 is 11.8 Å². The van der Waals surface area contributed by atoms with Crippen molar-refractivity contribution in [1.29, 1.82) is 5.26 Å². The van der Waals surface area contributed by atoms with Crippen LogP contribution in [-0.4, -0.2) is 46.9 Å². The van der Waals surface area contributed by atoms with Crippen molar-refractivity contribution in [3.05, 3.63) is 58.6 Å². The lowest BCUT2D eigenvalue weighted by atomic mass is 9.66. The first-order chi connectivity index (χ1) is 17.5. The first-order valence-electron chi connectivity index (χ1n) is 12.0. The molecular formula is C27H30N4O6. The third-order valence-electron chi connectivity index (χ3n) is 6.91. The number of rotatable bonds is 6. The van der Waals surface area contributed by atoms with E-state index in [0.29, 0.717) is 11.1 Å². The molecule has 37 heavy (non-hydrogen) atoms. The lowest BCUT2D eigenvalue weighted by molar-refractivity contribution is -0.141. The third kappa shape index (κ3) is 5.52. The molecular weight excluding hydrogens is 476 g/mol. The van der Waals surface area contributed by atoms with Gasteiger partial charge in [0.25, 0.3) is 0 Å². The number of fused-ring (bicyclic) bond motifs is 1. The lowest BCUT2D eigenvalue weighted by Gasteiger charge is -2.48. The van der Waals surface area contributed by atoms with Crippen molar-refractivity contribution in [2.24, 2.45) is 11.3 Å². The predicted octanol–water partition coefficient (Wildman–Crippen LogP) is 3.43. The van der Waals surface area contributed by atoms with Crippen molar-refractivity contribution < 1.29 is 23.8 Å². The summed E-state index contributed by atoms with van der Waals surface area (Å²) in [6, 6.07) is 14.2. The van der Waals surface area contributed by atoms with E-state index in [1.165, 1.54) is 0 Å². The van der Waals surface area contributed by atoms with Gasteiger partial charge in [0.15, 0.2) is 5.58 Å². The largest absolute Gasteiger partial charge is 0.465 e. The number of H-pyrrole nitrogens is 1. The molecule has 0 aliphatic carbocycles. The van der Waals surface area contributed by atoms with Gasteiger partial charge in [0.1, 0.15) is 11.6 Å². The molecule has 0 saturated carbocycles. The first kappa shape index (κ1) is 26.0. The van der Waals surface area contributed by atoms with Crippen LogP contribution in [0, 0.1) is 22.7 Å². The standard InChI is InChI=1S/C27H30N4O6/c1-26(2,3)22-15-36-11-10-27(22,31-24(33)34)23(32)29-19(14-28)12-16-4-6-17(7-5-16)18-8-9-21-20(13-18)30-25(35)37-21/h4-9,13,19,22,31H,10-12,15H2,1-3H3,(H,29,32)(H,30,35)(H,33,34). The maximum atomic E-state index is 13.5. The van der Waals surface area contributed by atoms with Gasteiger partial charge in [-0.2, -0.15) is 5.26 Å². The summed E-state index contributed by atoms with van der Waals surface area (Å²) in [5.41, 5.74) is 1.86. The zero-order valence-electron chi connectivity index (χ0n) is 21.0. The Hall–Kier alpha value is -4.10. The normalized spacial score (nSPS) is 20.6. The summed E-state index contributed by atoms with van der Waals surface area (Å²) in [6.45, 7) is 6.27. The van der Waals surface area contributed by atoms with Crippen LogP contribution >= 0.6 is 0 Å². The highest BCUT2D eigenvalue weighted by Gasteiger charge is 2.53. The average molecular weight is 507 g/mol. The highest BCUT2D eigenvalue weighted by Crippen LogP contribution is 2.40. The number of aromatic amines is 1. The van der Waals surface area contributed by atoms with Crippen LogP contribution in [0.1, 0.15) is 32.8 Å². The minimum atomic E-state index is -1.41. The second kappa shape index (κ2) is 10.1. The number of hydrogen-bond acceptors (Lipinski definition) is 6. The van der Waals surface area contributed by atoms with Crippen molar-refractivity contribution in [2.75, 3.05) is 13.2 Å². The Bertz CT molecular complexity index is 1400. The molecule has 1 aromatic heterocycles. The number of nitrogens with zero attached hydrogens (tertiary/aromatic N) is 1. The molecule has 0 spiro atoms. The zero-order valence-corrected chi connectivity index (χ0v) is 21.0. The average Bonchev–Trinajstić information content (AvgIpc) is 3.22. The Labute approximate surface area is 213 Å². The summed E-state index contributed by atoms with van der Waals surface area (Å²) < 4.78 is 10.6. The summed E-state index contributed by atoms with van der Waals surface area (Å²) >= 11 is 0. The van der Waals surface area contributed by atoms with Gasteiger partial charge in [-0.1, -0.05) is 51.1 Å². The van der Waals surface area contributed by atoms with E-state index in [2.05, 4.69) is 21.7 Å². The van der Waals surface area contributed by atoms with E-state index in [1.54, 1.807) is 6.07 Å². The quantitative estimate of drug-likeness (QED) is 0.399. The van der Waals surface area contributed by atoms with Crippen LogP contribution in [0.4, 0.5) is 4.79 Å². The molecule has 1 fully saturated rings. The number of carbonyl (C=O) groups excluding carboxylic acids is 1. The van der Waals surface area contributed by atoms with Gasteiger partial charge in [0, 0.05) is 25.4 Å². The van der Waals surface area contributed by atoms with E-state index in [1.807, 2.05) is 57.2 Å². The number of carbonyl (C=O) groups is 2. The van der Waals surface area contributed by atoms with Crippen molar-refractivity contribution in [2.45, 2.75) is 45.2 Å². The van der Waals surface area contributed by atoms with Gasteiger partial charge in [0.2, 0.25) is 5.91 Å². The molecule has 1 saturated heterocycles. The molecule has 4 N–H and O–H groups in total. The summed E-state index contributed by atoms with van der Waals surface area (Å²) in [5.74, 6) is -1.46. The molecule has 10 nitrogen and oxygen atoms in total. The number of benzene rings is 2. The summed E-state index contributed by atoms with van der Waals surface area (Å²) in [5, 5.41) is 24.6. The number of amides is 2. The zero-order chi connectivity index (χ0) is 26.8. The number of hydrogen-bond donors (Lipinski definition) is 4. The van der Waals surface area contributed by atoms with Crippen molar-refractivity contribution in [3.63, 3.8) is 0 Å². The monoisotopic (exact) mass is 506 g/mol. The smallest absolute Gasteiger partial charge is 0.417 e. The summed E-state index contributed by atoms with van der Waals surface area (Å²) in [6.07, 6.45) is -0.879. The van der Waals surface area contributed by atoms with E-state index >= 15 is 0 Å². The molecule has 3 aromatic rings.